The van der Waals surface area contributed by atoms with E-state index in [4.69, 9.17) is 4.74 Å². The fourth-order valence-electron chi connectivity index (χ4n) is 3.58. The number of morpholine rings is 1. The van der Waals surface area contributed by atoms with Gasteiger partial charge in [-0.1, -0.05) is 12.1 Å². The van der Waals surface area contributed by atoms with Gasteiger partial charge in [0.1, 0.15) is 11.9 Å². The molecule has 0 bridgehead atoms. The highest BCUT2D eigenvalue weighted by atomic mass is 35.5. The lowest BCUT2D eigenvalue weighted by molar-refractivity contribution is -0.129. The zero-order valence-electron chi connectivity index (χ0n) is 14.9. The Morgan fingerprint density at radius 3 is 2.73 bits per heavy atom. The van der Waals surface area contributed by atoms with Gasteiger partial charge in [-0.15, -0.1) is 24.8 Å². The lowest BCUT2D eigenvalue weighted by atomic mass is 9.98. The smallest absolute Gasteiger partial charge is 0.242 e. The fourth-order valence-corrected chi connectivity index (χ4v) is 3.58. The van der Waals surface area contributed by atoms with E-state index in [1.807, 2.05) is 6.07 Å². The topological polar surface area (TPSA) is 53.6 Å². The van der Waals surface area contributed by atoms with Crippen LogP contribution in [0.2, 0.25) is 0 Å². The molecule has 5 nitrogen and oxygen atoms in total. The number of nitrogens with one attached hydrogen (secondary N) is 2. The number of piperidine rings is 1. The van der Waals surface area contributed by atoms with E-state index in [-0.39, 0.29) is 42.6 Å². The Bertz CT molecular complexity index is 573. The molecule has 1 aromatic carbocycles. The van der Waals surface area contributed by atoms with Gasteiger partial charge in [-0.2, -0.15) is 0 Å². The second-order valence-electron chi connectivity index (χ2n) is 6.69. The van der Waals surface area contributed by atoms with Crippen molar-refractivity contribution in [2.45, 2.75) is 37.9 Å². The molecule has 0 radical (unpaired) electrons. The lowest BCUT2D eigenvalue weighted by Gasteiger charge is -2.36. The number of ether oxygens (including phenoxy) is 1. The largest absolute Gasteiger partial charge is 0.379 e. The van der Waals surface area contributed by atoms with Crippen molar-refractivity contribution in [3.8, 4) is 0 Å². The van der Waals surface area contributed by atoms with Gasteiger partial charge < -0.3 is 15.4 Å². The zero-order valence-corrected chi connectivity index (χ0v) is 16.6. The van der Waals surface area contributed by atoms with Crippen LogP contribution in [0.5, 0.6) is 0 Å². The highest BCUT2D eigenvalue weighted by molar-refractivity contribution is 5.85. The minimum Gasteiger partial charge on any atom is -0.379 e. The maximum atomic E-state index is 13.7. The second-order valence-corrected chi connectivity index (χ2v) is 6.69. The van der Waals surface area contributed by atoms with Crippen LogP contribution in [0, 0.1) is 5.82 Å². The van der Waals surface area contributed by atoms with E-state index in [0.717, 1.165) is 19.4 Å². The number of amides is 1. The van der Waals surface area contributed by atoms with Gasteiger partial charge in [-0.3, -0.25) is 9.69 Å². The second kappa shape index (κ2) is 11.0. The SMILES string of the molecule is CC1CC(NC(=O)C(c2cccc(F)c2)N2CCOCC2)CCN1.Cl.Cl. The molecular weight excluding hydrogens is 380 g/mol. The summed E-state index contributed by atoms with van der Waals surface area (Å²) in [5.41, 5.74) is 0.705. The molecule has 2 saturated heterocycles. The van der Waals surface area contributed by atoms with Crippen molar-refractivity contribution < 1.29 is 13.9 Å². The molecule has 8 heteroatoms. The zero-order chi connectivity index (χ0) is 16.9. The molecule has 2 heterocycles. The van der Waals surface area contributed by atoms with E-state index in [1.165, 1.54) is 12.1 Å². The van der Waals surface area contributed by atoms with E-state index in [0.29, 0.717) is 37.9 Å². The number of rotatable bonds is 4. The number of carbonyl (C=O) groups is 1. The summed E-state index contributed by atoms with van der Waals surface area (Å²) in [6.45, 7) is 5.60. The maximum Gasteiger partial charge on any atom is 0.242 e. The maximum absolute atomic E-state index is 13.7. The van der Waals surface area contributed by atoms with Crippen LogP contribution < -0.4 is 10.6 Å². The molecular formula is C18H28Cl2FN3O2. The van der Waals surface area contributed by atoms with Crippen LogP contribution in [0.15, 0.2) is 24.3 Å². The molecule has 0 saturated carbocycles. The van der Waals surface area contributed by atoms with Crippen LogP contribution >= 0.6 is 24.8 Å². The average molecular weight is 408 g/mol. The third-order valence-corrected chi connectivity index (χ3v) is 4.79. The number of nitrogens with zero attached hydrogens (tertiary/aromatic N) is 1. The Balaban J connectivity index is 0.00000169. The van der Waals surface area contributed by atoms with Gasteiger partial charge in [0.15, 0.2) is 0 Å². The quantitative estimate of drug-likeness (QED) is 0.803. The molecule has 2 aliphatic rings. The molecule has 2 N–H and O–H groups in total. The summed E-state index contributed by atoms with van der Waals surface area (Å²) < 4.78 is 19.1. The molecule has 3 atom stereocenters. The van der Waals surface area contributed by atoms with Crippen LogP contribution in [-0.4, -0.2) is 55.7 Å². The Kier molecular flexibility index (Phi) is 9.82. The summed E-state index contributed by atoms with van der Waals surface area (Å²) in [6.07, 6.45) is 1.85. The van der Waals surface area contributed by atoms with Gasteiger partial charge in [0.2, 0.25) is 5.91 Å². The molecule has 3 unspecified atom stereocenters. The molecule has 148 valence electrons. The Morgan fingerprint density at radius 2 is 2.08 bits per heavy atom. The first-order valence-electron chi connectivity index (χ1n) is 8.74. The first kappa shape index (κ1) is 23.1. The number of halogens is 3. The predicted molar refractivity (Wildman–Crippen MR) is 105 cm³/mol. The van der Waals surface area contributed by atoms with Crippen molar-refractivity contribution in [2.24, 2.45) is 0 Å². The number of carbonyl (C=O) groups excluding carboxylic acids is 1. The molecule has 0 aliphatic carbocycles. The minimum absolute atomic E-state index is 0. The molecule has 2 aliphatic heterocycles. The highest BCUT2D eigenvalue weighted by Gasteiger charge is 2.31. The van der Waals surface area contributed by atoms with Gasteiger partial charge in [-0.05, 0) is 44.0 Å². The van der Waals surface area contributed by atoms with E-state index in [1.54, 1.807) is 6.07 Å². The third-order valence-electron chi connectivity index (χ3n) is 4.79. The van der Waals surface area contributed by atoms with Crippen molar-refractivity contribution in [1.82, 2.24) is 15.5 Å². The predicted octanol–water partition coefficient (Wildman–Crippen LogP) is 2.30. The third kappa shape index (κ3) is 6.06. The van der Waals surface area contributed by atoms with Crippen molar-refractivity contribution in [3.05, 3.63) is 35.6 Å². The summed E-state index contributed by atoms with van der Waals surface area (Å²) >= 11 is 0. The minimum atomic E-state index is -0.463. The molecule has 26 heavy (non-hydrogen) atoms. The van der Waals surface area contributed by atoms with Crippen LogP contribution in [0.1, 0.15) is 31.4 Å². The molecule has 0 aromatic heterocycles. The first-order chi connectivity index (χ1) is 11.6. The van der Waals surface area contributed by atoms with Crippen molar-refractivity contribution >= 4 is 30.7 Å². The fraction of sp³-hybridized carbons (Fsp3) is 0.611. The molecule has 1 aromatic rings. The van der Waals surface area contributed by atoms with Gasteiger partial charge in [-0.25, -0.2) is 4.39 Å². The van der Waals surface area contributed by atoms with Crippen LogP contribution in [0.4, 0.5) is 4.39 Å². The number of hydrogen-bond donors (Lipinski definition) is 2. The van der Waals surface area contributed by atoms with Crippen molar-refractivity contribution in [2.75, 3.05) is 32.8 Å². The number of benzene rings is 1. The summed E-state index contributed by atoms with van der Waals surface area (Å²) in [4.78, 5) is 15.1. The average Bonchev–Trinajstić information content (AvgIpc) is 2.56. The number of hydrogen-bond acceptors (Lipinski definition) is 4. The highest BCUT2D eigenvalue weighted by Crippen LogP contribution is 2.24. The Hall–Kier alpha value is -0.920. The van der Waals surface area contributed by atoms with E-state index < -0.39 is 6.04 Å². The van der Waals surface area contributed by atoms with Crippen LogP contribution in [-0.2, 0) is 9.53 Å². The first-order valence-corrected chi connectivity index (χ1v) is 8.74. The molecule has 1 amide bonds. The normalized spacial score (nSPS) is 24.7. The standard InChI is InChI=1S/C18H26FN3O2.2ClH/c1-13-11-16(5-6-20-13)21-18(23)17(22-7-9-24-10-8-22)14-3-2-4-15(19)12-14;;/h2-4,12-13,16-17,20H,5-11H2,1H3,(H,21,23);2*1H. The Morgan fingerprint density at radius 1 is 1.35 bits per heavy atom. The van der Waals surface area contributed by atoms with Crippen LogP contribution in [0.3, 0.4) is 0 Å². The van der Waals surface area contributed by atoms with Gasteiger partial charge >= 0.3 is 0 Å². The molecule has 2 fully saturated rings. The summed E-state index contributed by atoms with van der Waals surface area (Å²) in [5.74, 6) is -0.351. The lowest BCUT2D eigenvalue weighted by Crippen LogP contribution is -2.51. The van der Waals surface area contributed by atoms with Gasteiger partial charge in [0, 0.05) is 25.2 Å². The van der Waals surface area contributed by atoms with E-state index in [9.17, 15) is 9.18 Å². The summed E-state index contributed by atoms with van der Waals surface area (Å²) in [6, 6.07) is 6.48. The molecule has 0 spiro atoms. The van der Waals surface area contributed by atoms with Crippen molar-refractivity contribution in [1.29, 1.82) is 0 Å². The Labute approximate surface area is 166 Å². The van der Waals surface area contributed by atoms with Crippen LogP contribution in [0.25, 0.3) is 0 Å². The van der Waals surface area contributed by atoms with Gasteiger partial charge in [0.05, 0.1) is 13.2 Å². The summed E-state index contributed by atoms with van der Waals surface area (Å²) in [7, 11) is 0. The van der Waals surface area contributed by atoms with Crippen molar-refractivity contribution in [3.63, 3.8) is 0 Å². The van der Waals surface area contributed by atoms with Gasteiger partial charge in [0.25, 0.3) is 0 Å². The van der Waals surface area contributed by atoms with E-state index >= 15 is 0 Å². The monoisotopic (exact) mass is 407 g/mol. The summed E-state index contributed by atoms with van der Waals surface area (Å²) in [5, 5.41) is 6.57. The molecule has 3 rings (SSSR count). The van der Waals surface area contributed by atoms with E-state index in [2.05, 4.69) is 22.5 Å².